The number of carbonyl (C=O) groups excluding carboxylic acids is 1. The summed E-state index contributed by atoms with van der Waals surface area (Å²) in [5, 5.41) is 0.507. The van der Waals surface area contributed by atoms with E-state index in [9.17, 15) is 9.59 Å². The fourth-order valence-electron chi connectivity index (χ4n) is 4.21. The zero-order valence-corrected chi connectivity index (χ0v) is 18.5. The largest absolute Gasteiger partial charge is 0.494 e. The molecule has 0 saturated carbocycles. The molecule has 2 heterocycles. The molecule has 6 nitrogen and oxygen atoms in total. The van der Waals surface area contributed by atoms with Crippen molar-refractivity contribution in [1.29, 1.82) is 0 Å². The molecule has 4 rings (SSSR count). The van der Waals surface area contributed by atoms with Crippen molar-refractivity contribution < 1.29 is 13.9 Å². The number of rotatable bonds is 7. The summed E-state index contributed by atoms with van der Waals surface area (Å²) in [6, 6.07) is 12.6. The van der Waals surface area contributed by atoms with Crippen LogP contribution in [0.5, 0.6) is 5.75 Å². The first-order valence-corrected chi connectivity index (χ1v) is 10.7. The van der Waals surface area contributed by atoms with Gasteiger partial charge in [0.15, 0.2) is 5.43 Å². The molecule has 6 heteroatoms. The fraction of sp³-hybridized carbons (Fsp3) is 0.360. The van der Waals surface area contributed by atoms with Gasteiger partial charge in [-0.3, -0.25) is 9.59 Å². The van der Waals surface area contributed by atoms with Crippen LogP contribution < -0.4 is 10.2 Å². The highest BCUT2D eigenvalue weighted by molar-refractivity contribution is 5.99. The fourth-order valence-corrected chi connectivity index (χ4v) is 4.21. The van der Waals surface area contributed by atoms with Crippen LogP contribution in [0.1, 0.15) is 46.6 Å². The summed E-state index contributed by atoms with van der Waals surface area (Å²) in [6.45, 7) is 5.78. The van der Waals surface area contributed by atoms with Gasteiger partial charge in [-0.15, -0.1) is 0 Å². The maximum absolute atomic E-state index is 13.6. The maximum Gasteiger partial charge on any atom is 0.290 e. The number of aryl methyl sites for hydroxylation is 1. The standard InChI is InChI=1S/C25H28N2O4/c1-5-30-18-9-6-8-17(15-18)22-21-23(28)19-14-16(2)10-11-20(19)31-24(21)25(29)27(22)13-7-12-26(3)4/h6,8-11,14-15,22H,5,7,12-13H2,1-4H3/t22-/m1/s1. The number of hydrogen-bond donors (Lipinski definition) is 0. The van der Waals surface area contributed by atoms with Crippen molar-refractivity contribution in [2.45, 2.75) is 26.3 Å². The van der Waals surface area contributed by atoms with Gasteiger partial charge in [0.1, 0.15) is 11.3 Å². The molecule has 1 aliphatic rings. The summed E-state index contributed by atoms with van der Waals surface area (Å²) >= 11 is 0. The lowest BCUT2D eigenvalue weighted by Crippen LogP contribution is -2.32. The summed E-state index contributed by atoms with van der Waals surface area (Å²) in [4.78, 5) is 30.8. The van der Waals surface area contributed by atoms with Crippen molar-refractivity contribution in [2.75, 3.05) is 33.8 Å². The van der Waals surface area contributed by atoms with Gasteiger partial charge in [-0.2, -0.15) is 0 Å². The minimum absolute atomic E-state index is 0.143. The number of fused-ring (bicyclic) bond motifs is 2. The molecule has 0 unspecified atom stereocenters. The highest BCUT2D eigenvalue weighted by Crippen LogP contribution is 2.39. The van der Waals surface area contributed by atoms with Gasteiger partial charge in [0.25, 0.3) is 5.91 Å². The van der Waals surface area contributed by atoms with E-state index < -0.39 is 6.04 Å². The second-order valence-corrected chi connectivity index (χ2v) is 8.24. The van der Waals surface area contributed by atoms with Crippen LogP contribution in [0, 0.1) is 6.92 Å². The third-order valence-electron chi connectivity index (χ3n) is 5.61. The van der Waals surface area contributed by atoms with E-state index in [1.54, 1.807) is 11.0 Å². The molecular weight excluding hydrogens is 392 g/mol. The molecule has 3 aromatic rings. The predicted octanol–water partition coefficient (Wildman–Crippen LogP) is 4.00. The van der Waals surface area contributed by atoms with E-state index in [0.29, 0.717) is 29.7 Å². The SMILES string of the molecule is CCOc1cccc([C@@H]2c3c(oc4ccc(C)cc4c3=O)C(=O)N2CCCN(C)C)c1. The van der Waals surface area contributed by atoms with E-state index in [-0.39, 0.29) is 17.1 Å². The van der Waals surface area contributed by atoms with E-state index in [4.69, 9.17) is 9.15 Å². The van der Waals surface area contributed by atoms with Crippen LogP contribution in [0.15, 0.2) is 51.7 Å². The minimum atomic E-state index is -0.494. The normalized spacial score (nSPS) is 15.7. The zero-order valence-electron chi connectivity index (χ0n) is 18.5. The Labute approximate surface area is 182 Å². The van der Waals surface area contributed by atoms with Gasteiger partial charge in [0.05, 0.1) is 23.6 Å². The van der Waals surface area contributed by atoms with Gasteiger partial charge in [-0.05, 0) is 70.7 Å². The average Bonchev–Trinajstić information content (AvgIpc) is 3.01. The summed E-state index contributed by atoms with van der Waals surface area (Å²) < 4.78 is 11.7. The van der Waals surface area contributed by atoms with E-state index in [1.165, 1.54) is 0 Å². The molecule has 1 aromatic heterocycles. The molecule has 0 saturated heterocycles. The van der Waals surface area contributed by atoms with Crippen LogP contribution in [0.25, 0.3) is 11.0 Å². The molecule has 31 heavy (non-hydrogen) atoms. The summed E-state index contributed by atoms with van der Waals surface area (Å²) in [5.74, 6) is 0.633. The lowest BCUT2D eigenvalue weighted by molar-refractivity contribution is 0.0722. The predicted molar refractivity (Wildman–Crippen MR) is 121 cm³/mol. The van der Waals surface area contributed by atoms with Crippen LogP contribution in [-0.2, 0) is 0 Å². The Hall–Kier alpha value is -3.12. The highest BCUT2D eigenvalue weighted by atomic mass is 16.5. The third kappa shape index (κ3) is 3.95. The van der Waals surface area contributed by atoms with Gasteiger partial charge in [0, 0.05) is 6.54 Å². The zero-order chi connectivity index (χ0) is 22.1. The Morgan fingerprint density at radius 1 is 1.13 bits per heavy atom. The first-order chi connectivity index (χ1) is 14.9. The van der Waals surface area contributed by atoms with E-state index in [1.807, 2.05) is 64.3 Å². The van der Waals surface area contributed by atoms with Crippen LogP contribution in [-0.4, -0.2) is 49.5 Å². The Kier molecular flexibility index (Phi) is 5.83. The van der Waals surface area contributed by atoms with E-state index in [2.05, 4.69) is 4.90 Å². The molecule has 0 spiro atoms. The molecule has 1 amide bonds. The van der Waals surface area contributed by atoms with Crippen molar-refractivity contribution in [3.63, 3.8) is 0 Å². The van der Waals surface area contributed by atoms with E-state index >= 15 is 0 Å². The number of hydrogen-bond acceptors (Lipinski definition) is 5. The van der Waals surface area contributed by atoms with Gasteiger partial charge in [0.2, 0.25) is 5.76 Å². The highest BCUT2D eigenvalue weighted by Gasteiger charge is 2.42. The van der Waals surface area contributed by atoms with Crippen LogP contribution in [0.3, 0.4) is 0 Å². The lowest BCUT2D eigenvalue weighted by Gasteiger charge is -2.26. The molecule has 0 aliphatic carbocycles. The number of nitrogens with zero attached hydrogens (tertiary/aromatic N) is 2. The van der Waals surface area contributed by atoms with Gasteiger partial charge >= 0.3 is 0 Å². The summed E-state index contributed by atoms with van der Waals surface area (Å²) in [7, 11) is 4.01. The molecule has 1 aliphatic heterocycles. The molecule has 0 fully saturated rings. The van der Waals surface area contributed by atoms with E-state index in [0.717, 1.165) is 29.8 Å². The van der Waals surface area contributed by atoms with Gasteiger partial charge in [-0.1, -0.05) is 23.8 Å². The number of ether oxygens (including phenoxy) is 1. The topological polar surface area (TPSA) is 63.0 Å². The molecule has 2 aromatic carbocycles. The molecule has 1 atom stereocenters. The Morgan fingerprint density at radius 2 is 1.94 bits per heavy atom. The van der Waals surface area contributed by atoms with Crippen molar-refractivity contribution in [3.05, 3.63) is 75.1 Å². The summed E-state index contributed by atoms with van der Waals surface area (Å²) in [6.07, 6.45) is 0.793. The molecule has 0 bridgehead atoms. The van der Waals surface area contributed by atoms with Crippen LogP contribution >= 0.6 is 0 Å². The second kappa shape index (κ2) is 8.55. The molecule has 0 N–H and O–H groups in total. The third-order valence-corrected chi connectivity index (χ3v) is 5.61. The van der Waals surface area contributed by atoms with Crippen molar-refractivity contribution in [2.24, 2.45) is 0 Å². The smallest absolute Gasteiger partial charge is 0.290 e. The molecule has 162 valence electrons. The Bertz CT molecular complexity index is 1180. The van der Waals surface area contributed by atoms with Gasteiger partial charge < -0.3 is 19.0 Å². The number of amides is 1. The maximum atomic E-state index is 13.6. The molecular formula is C25H28N2O4. The Morgan fingerprint density at radius 3 is 2.68 bits per heavy atom. The first-order valence-electron chi connectivity index (χ1n) is 10.7. The average molecular weight is 421 g/mol. The quantitative estimate of drug-likeness (QED) is 0.578. The number of carbonyl (C=O) groups is 1. The minimum Gasteiger partial charge on any atom is -0.494 e. The van der Waals surface area contributed by atoms with Crippen LogP contribution in [0.4, 0.5) is 0 Å². The van der Waals surface area contributed by atoms with Crippen molar-refractivity contribution in [3.8, 4) is 5.75 Å². The second-order valence-electron chi connectivity index (χ2n) is 8.24. The van der Waals surface area contributed by atoms with Crippen molar-refractivity contribution >= 4 is 16.9 Å². The van der Waals surface area contributed by atoms with Gasteiger partial charge in [-0.25, -0.2) is 0 Å². The summed E-state index contributed by atoms with van der Waals surface area (Å²) in [5.41, 5.74) is 2.54. The lowest BCUT2D eigenvalue weighted by atomic mass is 9.98. The Balaban J connectivity index is 1.87. The number of benzene rings is 2. The van der Waals surface area contributed by atoms with Crippen LogP contribution in [0.2, 0.25) is 0 Å². The van der Waals surface area contributed by atoms with Crippen molar-refractivity contribution in [1.82, 2.24) is 9.80 Å². The monoisotopic (exact) mass is 420 g/mol. The first kappa shape index (κ1) is 21.1. The molecule has 0 radical (unpaired) electrons.